The van der Waals surface area contributed by atoms with Crippen molar-refractivity contribution in [2.75, 3.05) is 12.4 Å². The van der Waals surface area contributed by atoms with Crippen LogP contribution in [0.15, 0.2) is 77.3 Å². The Morgan fingerprint density at radius 3 is 2.12 bits per heavy atom. The molecule has 0 spiro atoms. The molecule has 3 aromatic carbocycles. The maximum Gasteiger partial charge on any atom is 0.254 e. The van der Waals surface area contributed by atoms with Gasteiger partial charge in [-0.3, -0.25) is 9.59 Å². The Morgan fingerprint density at radius 1 is 0.929 bits per heavy atom. The third-order valence-electron chi connectivity index (χ3n) is 6.67. The number of carbonyl (C=O) groups excluding carboxylic acids is 2. The number of halogens is 2. The van der Waals surface area contributed by atoms with Crippen molar-refractivity contribution in [1.29, 1.82) is 0 Å². The molecule has 1 aromatic heterocycles. The largest absolute Gasteiger partial charge is 0.471 e. The van der Waals surface area contributed by atoms with Crippen molar-refractivity contribution in [2.24, 2.45) is 5.73 Å². The van der Waals surface area contributed by atoms with Crippen LogP contribution in [-0.4, -0.2) is 32.2 Å². The van der Waals surface area contributed by atoms with Crippen LogP contribution in [0, 0.1) is 11.6 Å². The lowest BCUT2D eigenvalue weighted by molar-refractivity contribution is -0.125. The average molecular weight is 594 g/mol. The van der Waals surface area contributed by atoms with E-state index in [1.54, 1.807) is 31.4 Å². The fourth-order valence-electron chi connectivity index (χ4n) is 4.75. The second-order valence-corrected chi connectivity index (χ2v) is 15.9. The molecule has 0 saturated carbocycles. The van der Waals surface area contributed by atoms with Gasteiger partial charge in [0.1, 0.15) is 24.2 Å². The maximum absolute atomic E-state index is 15.0. The number of aromatic nitrogens is 1. The second-order valence-electron chi connectivity index (χ2n) is 10.9. The molecular formula is C31H33F2N3O5Si. The van der Waals surface area contributed by atoms with Gasteiger partial charge in [-0.05, 0) is 34.0 Å². The number of methoxy groups -OCH3 is 1. The number of benzene rings is 3. The number of nitrogens with one attached hydrogen (secondary N) is 1. The van der Waals surface area contributed by atoms with E-state index >= 15 is 0 Å². The molecule has 0 radical (unpaired) electrons. The monoisotopic (exact) mass is 593 g/mol. The third-order valence-corrected chi connectivity index (χ3v) is 8.65. The molecular weight excluding hydrogens is 560 g/mol. The summed E-state index contributed by atoms with van der Waals surface area (Å²) in [4.78, 5) is 26.7. The molecule has 42 heavy (non-hydrogen) atoms. The molecule has 1 unspecified atom stereocenters. The lowest BCUT2D eigenvalue weighted by Gasteiger charge is -2.24. The van der Waals surface area contributed by atoms with Crippen LogP contribution in [0.5, 0.6) is 5.88 Å². The zero-order valence-electron chi connectivity index (χ0n) is 23.8. The van der Waals surface area contributed by atoms with Crippen LogP contribution >= 0.6 is 0 Å². The number of nitrogens with zero attached hydrogens (tertiary/aromatic N) is 1. The number of rotatable bonds is 12. The van der Waals surface area contributed by atoms with Crippen molar-refractivity contribution < 1.29 is 32.4 Å². The Bertz CT molecular complexity index is 1520. The molecule has 0 saturated heterocycles. The van der Waals surface area contributed by atoms with Gasteiger partial charge < -0.3 is 25.0 Å². The predicted octanol–water partition coefficient (Wildman–Crippen LogP) is 5.21. The number of primary amides is 1. The molecule has 2 atom stereocenters. The Labute approximate surface area is 243 Å². The lowest BCUT2D eigenvalue weighted by atomic mass is 9.82. The van der Waals surface area contributed by atoms with Crippen LogP contribution in [0.3, 0.4) is 0 Å². The summed E-state index contributed by atoms with van der Waals surface area (Å²) in [6.45, 7) is 6.00. The van der Waals surface area contributed by atoms with E-state index < -0.39 is 43.4 Å². The zero-order chi connectivity index (χ0) is 30.4. The average Bonchev–Trinajstić information content (AvgIpc) is 3.38. The SMILES string of the molecule is COCc1ccc(C(C(=O)Nc2cc(F)c([Si](C)(C)C)c(F)c2)[C@@H](C(N)=O)c2cc(OCc3ccccc3)no2)cc1. The van der Waals surface area contributed by atoms with Crippen LogP contribution in [0.25, 0.3) is 0 Å². The van der Waals surface area contributed by atoms with Gasteiger partial charge in [0.25, 0.3) is 5.88 Å². The smallest absolute Gasteiger partial charge is 0.254 e. The summed E-state index contributed by atoms with van der Waals surface area (Å²) in [6, 6.07) is 19.7. The first kappa shape index (κ1) is 30.6. The molecule has 2 amide bonds. The number of hydrogen-bond acceptors (Lipinski definition) is 6. The highest BCUT2D eigenvalue weighted by Crippen LogP contribution is 2.36. The highest BCUT2D eigenvalue weighted by Gasteiger charge is 2.39. The van der Waals surface area contributed by atoms with E-state index in [1.807, 2.05) is 50.0 Å². The predicted molar refractivity (Wildman–Crippen MR) is 157 cm³/mol. The molecule has 0 aliphatic heterocycles. The van der Waals surface area contributed by atoms with Gasteiger partial charge in [-0.2, -0.15) is 0 Å². The van der Waals surface area contributed by atoms with E-state index in [9.17, 15) is 18.4 Å². The standard InChI is InChI=1S/C31H33F2N3O5Si/c1-39-17-20-10-12-21(13-11-20)27(31(38)35-22-14-23(32)29(24(33)15-22)42(2,3)4)28(30(34)37)25-16-26(36-41-25)40-18-19-8-6-5-7-9-19/h5-16,27-28H,17-18H2,1-4H3,(H2,34,37)(H,35,38)/t27?,28-/m0/s1. The quantitative estimate of drug-likeness (QED) is 0.218. The number of anilines is 1. The fraction of sp³-hybridized carbons (Fsp3) is 0.258. The third kappa shape index (κ3) is 7.28. The first-order chi connectivity index (χ1) is 20.0. The Morgan fingerprint density at radius 2 is 1.55 bits per heavy atom. The van der Waals surface area contributed by atoms with E-state index in [4.69, 9.17) is 19.7 Å². The zero-order valence-corrected chi connectivity index (χ0v) is 24.8. The van der Waals surface area contributed by atoms with Crippen LogP contribution in [0.2, 0.25) is 19.6 Å². The van der Waals surface area contributed by atoms with Crippen molar-refractivity contribution in [2.45, 2.75) is 44.7 Å². The Hall–Kier alpha value is -4.35. The van der Waals surface area contributed by atoms with Gasteiger partial charge in [-0.1, -0.05) is 74.2 Å². The van der Waals surface area contributed by atoms with Crippen molar-refractivity contribution in [1.82, 2.24) is 5.16 Å². The van der Waals surface area contributed by atoms with Crippen molar-refractivity contribution in [3.8, 4) is 5.88 Å². The van der Waals surface area contributed by atoms with Crippen molar-refractivity contribution >= 4 is 30.8 Å². The van der Waals surface area contributed by atoms with E-state index in [1.165, 1.54) is 6.07 Å². The summed E-state index contributed by atoms with van der Waals surface area (Å²) in [5.74, 6) is -5.54. The highest BCUT2D eigenvalue weighted by molar-refractivity contribution is 6.88. The van der Waals surface area contributed by atoms with Crippen molar-refractivity contribution in [3.63, 3.8) is 0 Å². The summed E-state index contributed by atoms with van der Waals surface area (Å²) in [5, 5.41) is 6.50. The van der Waals surface area contributed by atoms with Gasteiger partial charge in [0.05, 0.1) is 20.6 Å². The molecule has 0 fully saturated rings. The molecule has 0 bridgehead atoms. The van der Waals surface area contributed by atoms with Gasteiger partial charge in [0, 0.05) is 24.1 Å². The summed E-state index contributed by atoms with van der Waals surface area (Å²) in [7, 11) is -0.785. The molecule has 0 aliphatic carbocycles. The number of hydrogen-bond donors (Lipinski definition) is 2. The van der Waals surface area contributed by atoms with E-state index in [0.29, 0.717) is 12.2 Å². The number of amides is 2. The van der Waals surface area contributed by atoms with Crippen LogP contribution in [-0.2, 0) is 27.5 Å². The van der Waals surface area contributed by atoms with Crippen LogP contribution in [0.1, 0.15) is 34.3 Å². The Kier molecular flexibility index (Phi) is 9.54. The van der Waals surface area contributed by atoms with E-state index in [-0.39, 0.29) is 29.1 Å². The minimum absolute atomic E-state index is 0.00174. The van der Waals surface area contributed by atoms with Gasteiger partial charge in [-0.15, -0.1) is 0 Å². The number of nitrogens with two attached hydrogens (primary N) is 1. The molecule has 3 N–H and O–H groups in total. The molecule has 8 nitrogen and oxygen atoms in total. The van der Waals surface area contributed by atoms with Gasteiger partial charge in [-0.25, -0.2) is 8.78 Å². The molecule has 220 valence electrons. The molecule has 4 aromatic rings. The minimum Gasteiger partial charge on any atom is -0.471 e. The topological polar surface area (TPSA) is 117 Å². The van der Waals surface area contributed by atoms with Gasteiger partial charge in [0.15, 0.2) is 5.76 Å². The summed E-state index contributed by atoms with van der Waals surface area (Å²) < 4.78 is 46.2. The normalized spacial score (nSPS) is 12.9. The van der Waals surface area contributed by atoms with Crippen LogP contribution < -0.4 is 21.0 Å². The number of carbonyl (C=O) groups is 2. The Balaban J connectivity index is 1.68. The first-order valence-electron chi connectivity index (χ1n) is 13.3. The first-order valence-corrected chi connectivity index (χ1v) is 16.8. The van der Waals surface area contributed by atoms with Crippen molar-refractivity contribution in [3.05, 3.63) is 107 Å². The van der Waals surface area contributed by atoms with E-state index in [2.05, 4.69) is 10.5 Å². The highest BCUT2D eigenvalue weighted by atomic mass is 28.3. The second kappa shape index (κ2) is 13.1. The summed E-state index contributed by atoms with van der Waals surface area (Å²) in [5.41, 5.74) is 7.87. The fourth-order valence-corrected chi connectivity index (χ4v) is 6.33. The summed E-state index contributed by atoms with van der Waals surface area (Å²) in [6.07, 6.45) is 0. The van der Waals surface area contributed by atoms with Gasteiger partial charge in [0.2, 0.25) is 11.8 Å². The molecule has 11 heteroatoms. The number of ether oxygens (including phenoxy) is 2. The van der Waals surface area contributed by atoms with Gasteiger partial charge >= 0.3 is 0 Å². The maximum atomic E-state index is 15.0. The molecule has 0 aliphatic rings. The van der Waals surface area contributed by atoms with Crippen LogP contribution in [0.4, 0.5) is 14.5 Å². The summed E-state index contributed by atoms with van der Waals surface area (Å²) >= 11 is 0. The molecule has 1 heterocycles. The minimum atomic E-state index is -2.34. The van der Waals surface area contributed by atoms with E-state index in [0.717, 1.165) is 23.3 Å². The molecule has 4 rings (SSSR count). The lowest BCUT2D eigenvalue weighted by Crippen LogP contribution is -2.42.